The molecule has 0 aliphatic heterocycles. The molecule has 3 heterocycles. The molecule has 0 fully saturated rings. The van der Waals surface area contributed by atoms with Crippen molar-refractivity contribution in [1.29, 1.82) is 0 Å². The standard InChI is InChI=1S/C24H32N6O5/c1-7-10-33-16-13-15(4)25-23(26-16)19-21(31-5)22(32-6)20(30-29-19)24-27-17(34-11-8-2)14-18(28-24)35-12-9-3/h13-14H,7-12H2,1-6H3. The van der Waals surface area contributed by atoms with E-state index < -0.39 is 0 Å². The fourth-order valence-electron chi connectivity index (χ4n) is 3.07. The van der Waals surface area contributed by atoms with E-state index in [9.17, 15) is 0 Å². The van der Waals surface area contributed by atoms with Crippen LogP contribution in [0, 0.1) is 6.92 Å². The lowest BCUT2D eigenvalue weighted by molar-refractivity contribution is 0.286. The molecule has 3 aromatic heterocycles. The van der Waals surface area contributed by atoms with Crippen molar-refractivity contribution in [2.24, 2.45) is 0 Å². The number of rotatable bonds is 13. The molecule has 3 rings (SSSR count). The Balaban J connectivity index is 2.12. The molecule has 11 nitrogen and oxygen atoms in total. The molecule has 0 saturated heterocycles. The summed E-state index contributed by atoms with van der Waals surface area (Å²) in [4.78, 5) is 18.0. The van der Waals surface area contributed by atoms with E-state index in [0.717, 1.165) is 25.0 Å². The van der Waals surface area contributed by atoms with E-state index in [1.807, 2.05) is 27.7 Å². The van der Waals surface area contributed by atoms with E-state index in [4.69, 9.17) is 23.7 Å². The summed E-state index contributed by atoms with van der Waals surface area (Å²) in [6, 6.07) is 3.41. The largest absolute Gasteiger partial charge is 0.491 e. The molecular weight excluding hydrogens is 452 g/mol. The van der Waals surface area contributed by atoms with Crippen LogP contribution in [0.5, 0.6) is 29.1 Å². The van der Waals surface area contributed by atoms with Gasteiger partial charge in [-0.05, 0) is 26.2 Å². The second kappa shape index (κ2) is 12.6. The van der Waals surface area contributed by atoms with Gasteiger partial charge in [0.05, 0.1) is 40.1 Å². The van der Waals surface area contributed by atoms with Crippen LogP contribution >= 0.6 is 0 Å². The second-order valence-corrected chi connectivity index (χ2v) is 7.55. The lowest BCUT2D eigenvalue weighted by Gasteiger charge is -2.15. The Morgan fingerprint density at radius 1 is 0.600 bits per heavy atom. The topological polar surface area (TPSA) is 123 Å². The Kier molecular flexibility index (Phi) is 9.33. The summed E-state index contributed by atoms with van der Waals surface area (Å²) in [5, 5.41) is 8.71. The number of ether oxygens (including phenoxy) is 5. The molecule has 0 saturated carbocycles. The Morgan fingerprint density at radius 2 is 1.00 bits per heavy atom. The number of aromatic nitrogens is 6. The Bertz CT molecular complexity index is 1100. The van der Waals surface area contributed by atoms with Gasteiger partial charge >= 0.3 is 0 Å². The van der Waals surface area contributed by atoms with Crippen LogP contribution in [0.3, 0.4) is 0 Å². The summed E-state index contributed by atoms with van der Waals surface area (Å²) in [6.07, 6.45) is 2.52. The normalized spacial score (nSPS) is 10.7. The Hall–Kier alpha value is -3.76. The summed E-state index contributed by atoms with van der Waals surface area (Å²) >= 11 is 0. The molecule has 11 heteroatoms. The van der Waals surface area contributed by atoms with Crippen LogP contribution in [0.25, 0.3) is 23.0 Å². The molecular formula is C24H32N6O5. The minimum Gasteiger partial charge on any atom is -0.491 e. The molecule has 3 aromatic rings. The lowest BCUT2D eigenvalue weighted by atomic mass is 10.2. The molecule has 188 valence electrons. The highest BCUT2D eigenvalue weighted by Crippen LogP contribution is 2.41. The van der Waals surface area contributed by atoms with Gasteiger partial charge in [-0.3, -0.25) is 0 Å². The predicted molar refractivity (Wildman–Crippen MR) is 129 cm³/mol. The fourth-order valence-corrected chi connectivity index (χ4v) is 3.07. The minimum absolute atomic E-state index is 0.232. The summed E-state index contributed by atoms with van der Waals surface area (Å²) in [5.74, 6) is 2.30. The van der Waals surface area contributed by atoms with Gasteiger partial charge in [-0.1, -0.05) is 20.8 Å². The second-order valence-electron chi connectivity index (χ2n) is 7.55. The zero-order chi connectivity index (χ0) is 25.2. The third-order valence-corrected chi connectivity index (χ3v) is 4.59. The maximum absolute atomic E-state index is 5.73. The maximum Gasteiger partial charge on any atom is 0.220 e. The number of nitrogens with zero attached hydrogens (tertiary/aromatic N) is 6. The van der Waals surface area contributed by atoms with Gasteiger partial charge in [0.1, 0.15) is 0 Å². The smallest absolute Gasteiger partial charge is 0.220 e. The highest BCUT2D eigenvalue weighted by atomic mass is 16.5. The highest BCUT2D eigenvalue weighted by molar-refractivity contribution is 5.73. The van der Waals surface area contributed by atoms with Gasteiger partial charge in [-0.15, -0.1) is 10.2 Å². The van der Waals surface area contributed by atoms with E-state index in [1.54, 1.807) is 12.1 Å². The van der Waals surface area contributed by atoms with Gasteiger partial charge in [-0.2, -0.15) is 15.0 Å². The van der Waals surface area contributed by atoms with Crippen LogP contribution in [0.15, 0.2) is 12.1 Å². The van der Waals surface area contributed by atoms with Crippen molar-refractivity contribution in [2.75, 3.05) is 34.0 Å². The average Bonchev–Trinajstić information content (AvgIpc) is 2.88. The molecule has 0 unspecified atom stereocenters. The van der Waals surface area contributed by atoms with Crippen LogP contribution in [-0.4, -0.2) is 64.2 Å². The van der Waals surface area contributed by atoms with Crippen molar-refractivity contribution in [1.82, 2.24) is 30.1 Å². The first kappa shape index (κ1) is 25.9. The number of hydrogen-bond acceptors (Lipinski definition) is 11. The fraction of sp³-hybridized carbons (Fsp3) is 0.500. The average molecular weight is 485 g/mol. The van der Waals surface area contributed by atoms with Gasteiger partial charge in [0.15, 0.2) is 34.5 Å². The molecule has 0 bridgehead atoms. The van der Waals surface area contributed by atoms with Crippen LogP contribution in [0.4, 0.5) is 0 Å². The lowest BCUT2D eigenvalue weighted by Crippen LogP contribution is -2.08. The first-order valence-electron chi connectivity index (χ1n) is 11.7. The van der Waals surface area contributed by atoms with Gasteiger partial charge in [0.25, 0.3) is 0 Å². The first-order chi connectivity index (χ1) is 17.0. The Labute approximate surface area is 205 Å². The quantitative estimate of drug-likeness (QED) is 0.348. The van der Waals surface area contributed by atoms with Crippen molar-refractivity contribution >= 4 is 0 Å². The third-order valence-electron chi connectivity index (χ3n) is 4.59. The summed E-state index contributed by atoms with van der Waals surface area (Å²) in [7, 11) is 3.01. The summed E-state index contributed by atoms with van der Waals surface area (Å²) in [5.41, 5.74) is 1.29. The zero-order valence-electron chi connectivity index (χ0n) is 21.1. The van der Waals surface area contributed by atoms with Crippen LogP contribution in [0.2, 0.25) is 0 Å². The molecule has 35 heavy (non-hydrogen) atoms. The minimum atomic E-state index is 0.232. The van der Waals surface area contributed by atoms with Crippen molar-refractivity contribution < 1.29 is 23.7 Å². The zero-order valence-corrected chi connectivity index (χ0v) is 21.1. The molecule has 0 spiro atoms. The van der Waals surface area contributed by atoms with E-state index in [2.05, 4.69) is 30.1 Å². The first-order valence-corrected chi connectivity index (χ1v) is 11.7. The van der Waals surface area contributed by atoms with E-state index >= 15 is 0 Å². The van der Waals surface area contributed by atoms with Crippen molar-refractivity contribution in [3.8, 4) is 52.2 Å². The number of hydrogen-bond donors (Lipinski definition) is 0. The van der Waals surface area contributed by atoms with Crippen LogP contribution in [-0.2, 0) is 0 Å². The molecule has 0 N–H and O–H groups in total. The van der Waals surface area contributed by atoms with Gasteiger partial charge in [-0.25, -0.2) is 4.98 Å². The van der Waals surface area contributed by atoms with Crippen molar-refractivity contribution in [3.63, 3.8) is 0 Å². The van der Waals surface area contributed by atoms with E-state index in [-0.39, 0.29) is 17.3 Å². The van der Waals surface area contributed by atoms with Crippen LogP contribution < -0.4 is 23.7 Å². The van der Waals surface area contributed by atoms with Crippen molar-refractivity contribution in [3.05, 3.63) is 17.8 Å². The highest BCUT2D eigenvalue weighted by Gasteiger charge is 2.25. The molecule has 0 amide bonds. The molecule has 0 radical (unpaired) electrons. The molecule has 0 aliphatic carbocycles. The van der Waals surface area contributed by atoms with Gasteiger partial charge in [0.2, 0.25) is 17.6 Å². The van der Waals surface area contributed by atoms with Crippen molar-refractivity contribution in [2.45, 2.75) is 47.0 Å². The molecule has 0 atom stereocenters. The monoisotopic (exact) mass is 484 g/mol. The third kappa shape index (κ3) is 6.43. The summed E-state index contributed by atoms with van der Waals surface area (Å²) in [6.45, 7) is 9.45. The molecule has 0 aromatic carbocycles. The molecule has 0 aliphatic rings. The SMILES string of the molecule is CCCOc1cc(C)nc(-c2nnc(-c3nc(OCCC)cc(OCCC)n3)c(OC)c2OC)n1. The van der Waals surface area contributed by atoms with E-state index in [1.165, 1.54) is 14.2 Å². The Morgan fingerprint density at radius 3 is 1.40 bits per heavy atom. The number of aryl methyl sites for hydroxylation is 1. The summed E-state index contributed by atoms with van der Waals surface area (Å²) < 4.78 is 28.5. The number of methoxy groups -OCH3 is 2. The predicted octanol–water partition coefficient (Wildman–Crippen LogP) is 4.08. The van der Waals surface area contributed by atoms with Crippen LogP contribution in [0.1, 0.15) is 45.7 Å². The maximum atomic E-state index is 5.73. The van der Waals surface area contributed by atoms with Gasteiger partial charge < -0.3 is 23.7 Å². The van der Waals surface area contributed by atoms with Gasteiger partial charge in [0, 0.05) is 11.8 Å². The van der Waals surface area contributed by atoms with E-state index in [0.29, 0.717) is 54.7 Å².